The van der Waals surface area contributed by atoms with Gasteiger partial charge in [0.2, 0.25) is 0 Å². The molecule has 1 saturated carbocycles. The van der Waals surface area contributed by atoms with E-state index >= 15 is 0 Å². The van der Waals surface area contributed by atoms with Gasteiger partial charge in [-0.15, -0.1) is 23.5 Å². The highest BCUT2D eigenvalue weighted by Crippen LogP contribution is 2.49. The summed E-state index contributed by atoms with van der Waals surface area (Å²) in [5.41, 5.74) is 0. The Balaban J connectivity index is 3.28. The van der Waals surface area contributed by atoms with Crippen molar-refractivity contribution in [1.82, 2.24) is 0 Å². The Morgan fingerprint density at radius 1 is 0.792 bits per heavy atom. The summed E-state index contributed by atoms with van der Waals surface area (Å²) in [6.07, 6.45) is 10.4. The maximum atomic E-state index is 7.53. The van der Waals surface area contributed by atoms with Crippen molar-refractivity contribution in [3.8, 4) is 0 Å². The van der Waals surface area contributed by atoms with E-state index in [1.807, 2.05) is 0 Å². The summed E-state index contributed by atoms with van der Waals surface area (Å²) in [7, 11) is -4.00. The third-order valence-corrected chi connectivity index (χ3v) is 76.7. The lowest BCUT2D eigenvalue weighted by Crippen LogP contribution is -2.85. The van der Waals surface area contributed by atoms with Gasteiger partial charge in [0.1, 0.15) is 0 Å². The molecule has 0 radical (unpaired) electrons. The Labute approximate surface area is 164 Å². The lowest BCUT2D eigenvalue weighted by molar-refractivity contribution is 0.156. The molecule has 0 N–H and O–H groups in total. The first kappa shape index (κ1) is 23.6. The number of hydrogen-bond acceptors (Lipinski definition) is 3. The van der Waals surface area contributed by atoms with Crippen LogP contribution < -0.4 is 0 Å². The van der Waals surface area contributed by atoms with Crippen LogP contribution in [0.15, 0.2) is 0 Å². The van der Waals surface area contributed by atoms with E-state index in [-0.39, 0.29) is 0 Å². The van der Waals surface area contributed by atoms with Crippen LogP contribution >= 0.6 is 23.5 Å². The fourth-order valence-corrected chi connectivity index (χ4v) is 102. The van der Waals surface area contributed by atoms with Gasteiger partial charge in [-0.3, -0.25) is 0 Å². The molecule has 0 saturated heterocycles. The number of rotatable bonds is 7. The molecule has 1 atom stereocenters. The SMILES string of the molecule is CSC1(SC)CCCC(O[Si]([Si](C)(C)C)([Si](C)(C)C)[Si](C)(C)C)C1. The van der Waals surface area contributed by atoms with E-state index in [1.54, 1.807) is 0 Å². The fraction of sp³-hybridized carbons (Fsp3) is 1.00. The lowest BCUT2D eigenvalue weighted by Gasteiger charge is -2.58. The molecule has 1 nitrogen and oxygen atoms in total. The predicted octanol–water partition coefficient (Wildman–Crippen LogP) is 6.56. The van der Waals surface area contributed by atoms with Crippen LogP contribution in [0.25, 0.3) is 0 Å². The molecule has 0 aromatic carbocycles. The molecule has 7 heteroatoms. The van der Waals surface area contributed by atoms with Crippen molar-refractivity contribution in [2.45, 2.75) is 94.8 Å². The molecule has 0 spiro atoms. The average Bonchev–Trinajstić information content (AvgIpc) is 2.40. The highest BCUT2D eigenvalue weighted by molar-refractivity contribution is 8.17. The molecule has 1 aliphatic rings. The maximum absolute atomic E-state index is 7.53. The van der Waals surface area contributed by atoms with Crippen molar-refractivity contribution < 1.29 is 4.43 Å². The van der Waals surface area contributed by atoms with E-state index < -0.39 is 29.6 Å². The monoisotopic (exact) mass is 438 g/mol. The molecule has 24 heavy (non-hydrogen) atoms. The van der Waals surface area contributed by atoms with Crippen molar-refractivity contribution in [3.05, 3.63) is 0 Å². The first-order chi connectivity index (χ1) is 10.7. The molecule has 0 aromatic heterocycles. The van der Waals surface area contributed by atoms with Crippen LogP contribution in [0.3, 0.4) is 0 Å². The highest BCUT2D eigenvalue weighted by atomic mass is 32.2. The second-order valence-corrected chi connectivity index (χ2v) is 52.7. The molecule has 0 amide bonds. The topological polar surface area (TPSA) is 9.23 Å². The second-order valence-electron chi connectivity index (χ2n) is 10.6. The Bertz CT molecular complexity index is 384. The van der Waals surface area contributed by atoms with E-state index in [0.29, 0.717) is 10.2 Å². The van der Waals surface area contributed by atoms with Crippen LogP contribution in [-0.2, 0) is 4.43 Å². The Morgan fingerprint density at radius 2 is 1.21 bits per heavy atom. The minimum absolute atomic E-state index is 0.404. The van der Waals surface area contributed by atoms with Crippen LogP contribution in [0.1, 0.15) is 25.7 Å². The summed E-state index contributed by atoms with van der Waals surface area (Å²) in [5.74, 6) is 0. The first-order valence-corrected chi connectivity index (χ1v) is 27.3. The average molecular weight is 439 g/mol. The normalized spacial score (nSPS) is 23.4. The first-order valence-electron chi connectivity index (χ1n) is 9.44. The summed E-state index contributed by atoms with van der Waals surface area (Å²) in [6, 6.07) is 0. The van der Waals surface area contributed by atoms with Gasteiger partial charge in [0, 0.05) is 6.10 Å². The minimum atomic E-state index is -1.68. The van der Waals surface area contributed by atoms with Gasteiger partial charge >= 0.3 is 0 Å². The summed E-state index contributed by atoms with van der Waals surface area (Å²) in [4.78, 5) is 0. The Hall–Kier alpha value is 1.53. The Kier molecular flexibility index (Phi) is 7.73. The van der Waals surface area contributed by atoms with Gasteiger partial charge in [0.25, 0.3) is 0 Å². The highest BCUT2D eigenvalue weighted by Gasteiger charge is 2.64. The lowest BCUT2D eigenvalue weighted by atomic mass is 9.97. The summed E-state index contributed by atoms with van der Waals surface area (Å²) < 4.78 is 7.93. The third kappa shape index (κ3) is 4.50. The fourth-order valence-electron chi connectivity index (χ4n) is 5.86. The van der Waals surface area contributed by atoms with Crippen molar-refractivity contribution in [2.24, 2.45) is 0 Å². The van der Waals surface area contributed by atoms with Gasteiger partial charge in [0.15, 0.2) is 6.87 Å². The molecule has 1 unspecified atom stereocenters. The third-order valence-electron chi connectivity index (χ3n) is 5.88. The van der Waals surface area contributed by atoms with Gasteiger partial charge in [-0.1, -0.05) is 58.9 Å². The van der Waals surface area contributed by atoms with Crippen LogP contribution in [0.5, 0.6) is 0 Å². The molecule has 0 heterocycles. The van der Waals surface area contributed by atoms with E-state index in [2.05, 4.69) is 95.0 Å². The molecule has 0 bridgehead atoms. The van der Waals surface area contributed by atoms with Gasteiger partial charge < -0.3 is 4.43 Å². The van der Waals surface area contributed by atoms with Crippen molar-refractivity contribution in [3.63, 3.8) is 0 Å². The molecule has 0 aliphatic heterocycles. The van der Waals surface area contributed by atoms with Crippen molar-refractivity contribution >= 4 is 53.2 Å². The Morgan fingerprint density at radius 3 is 1.54 bits per heavy atom. The maximum Gasteiger partial charge on any atom is 0.158 e. The standard InChI is InChI=1S/C17H42OS2Si4/c1-19-17(20-2)14-12-13-16(15-17)18-24(21(3,4)5,22(6,7)8)23(9,10)11/h16H,12-15H2,1-11H3. The summed E-state index contributed by atoms with van der Waals surface area (Å²) >= 11 is 4.16. The number of hydrogen-bond donors (Lipinski definition) is 0. The van der Waals surface area contributed by atoms with Crippen molar-refractivity contribution in [1.29, 1.82) is 0 Å². The summed E-state index contributed by atoms with van der Waals surface area (Å²) in [5, 5.41) is 0. The molecule has 144 valence electrons. The van der Waals surface area contributed by atoms with Crippen LogP contribution in [0.4, 0.5) is 0 Å². The second kappa shape index (κ2) is 7.87. The zero-order valence-corrected chi connectivity index (χ0v) is 23.8. The zero-order chi connectivity index (χ0) is 19.0. The quantitative estimate of drug-likeness (QED) is 0.329. The van der Waals surface area contributed by atoms with Crippen LogP contribution in [-0.4, -0.2) is 52.3 Å². The van der Waals surface area contributed by atoms with E-state index in [4.69, 9.17) is 4.43 Å². The van der Waals surface area contributed by atoms with Crippen LogP contribution in [0.2, 0.25) is 58.9 Å². The predicted molar refractivity (Wildman–Crippen MR) is 129 cm³/mol. The van der Waals surface area contributed by atoms with E-state index in [0.717, 1.165) is 0 Å². The molecule has 1 fully saturated rings. The van der Waals surface area contributed by atoms with E-state index in [9.17, 15) is 0 Å². The summed E-state index contributed by atoms with van der Waals surface area (Å²) in [6.45, 7) is 22.0. The van der Waals surface area contributed by atoms with Gasteiger partial charge in [-0.05, 0) is 38.2 Å². The smallest absolute Gasteiger partial charge is 0.158 e. The molecule has 0 aromatic rings. The van der Waals surface area contributed by atoms with Crippen LogP contribution in [0, 0.1) is 0 Å². The van der Waals surface area contributed by atoms with Gasteiger partial charge in [0.05, 0.1) is 26.9 Å². The van der Waals surface area contributed by atoms with Gasteiger partial charge in [-0.25, -0.2) is 0 Å². The van der Waals surface area contributed by atoms with E-state index in [1.165, 1.54) is 25.7 Å². The zero-order valence-electron chi connectivity index (χ0n) is 18.1. The largest absolute Gasteiger partial charge is 0.423 e. The molecular weight excluding hydrogens is 397 g/mol. The molecule has 1 aliphatic carbocycles. The minimum Gasteiger partial charge on any atom is -0.423 e. The van der Waals surface area contributed by atoms with Crippen molar-refractivity contribution in [2.75, 3.05) is 12.5 Å². The molecular formula is C17H42OS2Si4. The van der Waals surface area contributed by atoms with Gasteiger partial charge in [-0.2, -0.15) is 0 Å². The number of thioether (sulfide) groups is 2. The molecule has 1 rings (SSSR count).